The van der Waals surface area contributed by atoms with Gasteiger partial charge in [-0.25, -0.2) is 13.1 Å². The van der Waals surface area contributed by atoms with Gasteiger partial charge in [0.05, 0.1) is 16.6 Å². The number of carbonyl (C=O) groups excluding carboxylic acids is 1. The molecule has 0 spiro atoms. The van der Waals surface area contributed by atoms with Gasteiger partial charge in [-0.1, -0.05) is 26.0 Å². The molecule has 1 atom stereocenters. The highest BCUT2D eigenvalue weighted by molar-refractivity contribution is 7.89. The molecule has 0 heterocycles. The summed E-state index contributed by atoms with van der Waals surface area (Å²) in [5.74, 6) is -0.440. The molecule has 0 aliphatic carbocycles. The summed E-state index contributed by atoms with van der Waals surface area (Å²) in [4.78, 5) is 11.6. The van der Waals surface area contributed by atoms with Gasteiger partial charge in [0, 0.05) is 18.2 Å². The molecule has 6 nitrogen and oxygen atoms in total. The van der Waals surface area contributed by atoms with Crippen molar-refractivity contribution in [2.75, 3.05) is 11.9 Å². The number of hydrogen-bond acceptors (Lipinski definition) is 4. The van der Waals surface area contributed by atoms with E-state index in [1.165, 1.54) is 24.3 Å². The number of anilines is 1. The summed E-state index contributed by atoms with van der Waals surface area (Å²) >= 11 is 0. The van der Waals surface area contributed by atoms with Crippen LogP contribution >= 0.6 is 0 Å². The van der Waals surface area contributed by atoms with E-state index in [1.54, 1.807) is 13.8 Å². The summed E-state index contributed by atoms with van der Waals surface area (Å²) in [5, 5.41) is 12.7. The van der Waals surface area contributed by atoms with Crippen molar-refractivity contribution in [2.24, 2.45) is 5.92 Å². The molecule has 1 amide bonds. The van der Waals surface area contributed by atoms with Crippen LogP contribution in [-0.2, 0) is 21.0 Å². The number of amides is 1. The molecule has 2 rings (SSSR count). The van der Waals surface area contributed by atoms with Gasteiger partial charge >= 0.3 is 6.18 Å². The van der Waals surface area contributed by atoms with Gasteiger partial charge in [0.25, 0.3) is 0 Å². The smallest absolute Gasteiger partial charge is 0.387 e. The van der Waals surface area contributed by atoms with Crippen molar-refractivity contribution in [1.29, 1.82) is 0 Å². The first-order valence-corrected chi connectivity index (χ1v) is 10.1. The number of sulfonamides is 1. The van der Waals surface area contributed by atoms with Crippen molar-refractivity contribution < 1.29 is 31.5 Å². The molecule has 10 heteroatoms. The summed E-state index contributed by atoms with van der Waals surface area (Å²) in [6, 6.07) is 9.27. The van der Waals surface area contributed by atoms with Gasteiger partial charge in [0.1, 0.15) is 0 Å². The van der Waals surface area contributed by atoms with Crippen LogP contribution < -0.4 is 10.0 Å². The highest BCUT2D eigenvalue weighted by atomic mass is 32.2. The zero-order chi connectivity index (χ0) is 21.8. The fourth-order valence-corrected chi connectivity index (χ4v) is 3.33. The number of aliphatic hydroxyl groups is 1. The van der Waals surface area contributed by atoms with Crippen LogP contribution in [0.25, 0.3) is 0 Å². The molecular formula is C19H21F3N2O4S. The predicted molar refractivity (Wildman–Crippen MR) is 102 cm³/mol. The zero-order valence-electron chi connectivity index (χ0n) is 15.7. The van der Waals surface area contributed by atoms with Gasteiger partial charge in [-0.3, -0.25) is 4.79 Å². The van der Waals surface area contributed by atoms with E-state index in [0.29, 0.717) is 5.69 Å². The molecule has 0 saturated carbocycles. The number of aliphatic hydroxyl groups excluding tert-OH is 1. The minimum Gasteiger partial charge on any atom is -0.387 e. The average Bonchev–Trinajstić information content (AvgIpc) is 2.66. The van der Waals surface area contributed by atoms with Crippen LogP contribution in [0.4, 0.5) is 18.9 Å². The molecular weight excluding hydrogens is 409 g/mol. The normalized spacial score (nSPS) is 13.3. The second-order valence-corrected chi connectivity index (χ2v) is 8.42. The molecule has 0 bridgehead atoms. The largest absolute Gasteiger partial charge is 0.416 e. The summed E-state index contributed by atoms with van der Waals surface area (Å²) in [5.41, 5.74) is -0.279. The first-order chi connectivity index (χ1) is 13.4. The molecule has 0 fully saturated rings. The van der Waals surface area contributed by atoms with Crippen molar-refractivity contribution >= 4 is 21.6 Å². The number of halogens is 3. The van der Waals surface area contributed by atoms with E-state index in [9.17, 15) is 31.5 Å². The van der Waals surface area contributed by atoms with E-state index in [-0.39, 0.29) is 22.3 Å². The molecule has 0 aromatic heterocycles. The topological polar surface area (TPSA) is 95.5 Å². The van der Waals surface area contributed by atoms with Crippen LogP contribution in [-0.4, -0.2) is 26.0 Å². The molecule has 0 saturated heterocycles. The Hall–Kier alpha value is -2.43. The summed E-state index contributed by atoms with van der Waals surface area (Å²) in [6.07, 6.45) is -5.82. The maximum absolute atomic E-state index is 12.6. The van der Waals surface area contributed by atoms with Crippen LogP contribution in [0.15, 0.2) is 53.4 Å². The molecule has 3 N–H and O–H groups in total. The Balaban J connectivity index is 2.01. The third kappa shape index (κ3) is 6.28. The molecule has 0 aliphatic rings. The van der Waals surface area contributed by atoms with Crippen LogP contribution in [0.3, 0.4) is 0 Å². The molecule has 29 heavy (non-hydrogen) atoms. The third-order valence-electron chi connectivity index (χ3n) is 4.05. The van der Waals surface area contributed by atoms with Crippen molar-refractivity contribution in [3.05, 3.63) is 59.7 Å². The fraction of sp³-hybridized carbons (Fsp3) is 0.316. The lowest BCUT2D eigenvalue weighted by molar-refractivity contribution is -0.137. The molecule has 158 valence electrons. The highest BCUT2D eigenvalue weighted by Gasteiger charge is 2.30. The number of nitrogens with one attached hydrogen (secondary N) is 2. The molecule has 0 radical (unpaired) electrons. The lowest BCUT2D eigenvalue weighted by Gasteiger charge is -2.14. The highest BCUT2D eigenvalue weighted by Crippen LogP contribution is 2.30. The second-order valence-electron chi connectivity index (χ2n) is 6.66. The van der Waals surface area contributed by atoms with Crippen molar-refractivity contribution in [3.63, 3.8) is 0 Å². The molecule has 2 aromatic rings. The van der Waals surface area contributed by atoms with Gasteiger partial charge < -0.3 is 10.4 Å². The van der Waals surface area contributed by atoms with E-state index in [4.69, 9.17) is 0 Å². The monoisotopic (exact) mass is 430 g/mol. The van der Waals surface area contributed by atoms with E-state index >= 15 is 0 Å². The van der Waals surface area contributed by atoms with Gasteiger partial charge in [-0.05, 0) is 42.0 Å². The van der Waals surface area contributed by atoms with Crippen LogP contribution in [0, 0.1) is 5.92 Å². The van der Waals surface area contributed by atoms with Crippen molar-refractivity contribution in [1.82, 2.24) is 4.72 Å². The Kier molecular flexibility index (Phi) is 7.04. The van der Waals surface area contributed by atoms with Crippen LogP contribution in [0.1, 0.15) is 31.1 Å². The fourth-order valence-electron chi connectivity index (χ4n) is 2.29. The minimum absolute atomic E-state index is 0.0836. The predicted octanol–water partition coefficient (Wildman–Crippen LogP) is 3.31. The lowest BCUT2D eigenvalue weighted by atomic mass is 10.1. The summed E-state index contributed by atoms with van der Waals surface area (Å²) in [6.45, 7) is 3.03. The lowest BCUT2D eigenvalue weighted by Crippen LogP contribution is -2.28. The first kappa shape index (κ1) is 22.9. The van der Waals surface area contributed by atoms with Crippen molar-refractivity contribution in [2.45, 2.75) is 31.0 Å². The Bertz CT molecular complexity index is 941. The number of hydrogen-bond donors (Lipinski definition) is 3. The summed E-state index contributed by atoms with van der Waals surface area (Å²) in [7, 11) is -3.96. The van der Waals surface area contributed by atoms with Gasteiger partial charge in [-0.15, -0.1) is 0 Å². The van der Waals surface area contributed by atoms with Crippen LogP contribution in [0.5, 0.6) is 0 Å². The minimum atomic E-state index is -4.49. The molecule has 0 unspecified atom stereocenters. The standard InChI is InChI=1S/C19H21F3N2O4S/c1-12(2)18(26)24-15-7-9-16(10-8-15)29(27,28)23-11-17(25)13-3-5-14(6-4-13)19(20,21)22/h3-10,12,17,23,25H,11H2,1-2H3,(H,24,26)/t17-/m0/s1. The van der Waals surface area contributed by atoms with Gasteiger partial charge in [0.15, 0.2) is 0 Å². The third-order valence-corrected chi connectivity index (χ3v) is 5.49. The average molecular weight is 430 g/mol. The van der Waals surface area contributed by atoms with E-state index in [1.807, 2.05) is 0 Å². The Morgan fingerprint density at radius 3 is 2.07 bits per heavy atom. The second kappa shape index (κ2) is 8.93. The Labute approximate surface area is 166 Å². The summed E-state index contributed by atoms with van der Waals surface area (Å²) < 4.78 is 64.6. The van der Waals surface area contributed by atoms with E-state index in [0.717, 1.165) is 24.3 Å². The number of alkyl halides is 3. The number of benzene rings is 2. The molecule has 2 aromatic carbocycles. The Morgan fingerprint density at radius 1 is 1.03 bits per heavy atom. The van der Waals surface area contributed by atoms with Crippen molar-refractivity contribution in [3.8, 4) is 0 Å². The van der Waals surface area contributed by atoms with Gasteiger partial charge in [0.2, 0.25) is 15.9 Å². The quantitative estimate of drug-likeness (QED) is 0.628. The van der Waals surface area contributed by atoms with E-state index in [2.05, 4.69) is 10.0 Å². The van der Waals surface area contributed by atoms with Gasteiger partial charge in [-0.2, -0.15) is 13.2 Å². The maximum Gasteiger partial charge on any atom is 0.416 e. The molecule has 0 aliphatic heterocycles. The van der Waals surface area contributed by atoms with E-state index < -0.39 is 34.4 Å². The SMILES string of the molecule is CC(C)C(=O)Nc1ccc(S(=O)(=O)NC[C@H](O)c2ccc(C(F)(F)F)cc2)cc1. The Morgan fingerprint density at radius 2 is 1.59 bits per heavy atom. The number of carbonyl (C=O) groups is 1. The first-order valence-electron chi connectivity index (χ1n) is 8.66. The zero-order valence-corrected chi connectivity index (χ0v) is 16.5. The maximum atomic E-state index is 12.6. The van der Waals surface area contributed by atoms with Crippen LogP contribution in [0.2, 0.25) is 0 Å². The number of rotatable bonds is 7.